The molecule has 9 nitrogen and oxygen atoms in total. The lowest BCUT2D eigenvalue weighted by atomic mass is 10.1. The number of carbonyl (C=O) groups excluding carboxylic acids is 1. The summed E-state index contributed by atoms with van der Waals surface area (Å²) in [5.41, 5.74) is 2.61. The Labute approximate surface area is 164 Å². The minimum Gasteiger partial charge on any atom is -0.349 e. The normalized spacial score (nSPS) is 17.1. The van der Waals surface area contributed by atoms with Crippen molar-refractivity contribution in [2.75, 3.05) is 50.7 Å². The Morgan fingerprint density at radius 1 is 1.19 bits per heavy atom. The summed E-state index contributed by atoms with van der Waals surface area (Å²) in [6.07, 6.45) is 4.44. The lowest BCUT2D eigenvalue weighted by Gasteiger charge is -2.34. The number of piperazine rings is 1. The van der Waals surface area contributed by atoms with Crippen LogP contribution in [0.4, 0.5) is 5.95 Å². The third-order valence-corrected chi connectivity index (χ3v) is 4.94. The van der Waals surface area contributed by atoms with E-state index >= 15 is 0 Å². The Morgan fingerprint density at radius 2 is 1.96 bits per heavy atom. The van der Waals surface area contributed by atoms with E-state index in [9.17, 15) is 4.79 Å². The smallest absolute Gasteiger partial charge is 0.272 e. The lowest BCUT2D eigenvalue weighted by molar-refractivity contribution is 0.0941. The number of amides is 1. The van der Waals surface area contributed by atoms with Crippen molar-refractivity contribution in [2.45, 2.75) is 13.0 Å². The third-order valence-electron chi connectivity index (χ3n) is 4.94. The number of fused-ring (bicyclic) bond motifs is 1. The van der Waals surface area contributed by atoms with Gasteiger partial charge in [-0.3, -0.25) is 14.8 Å². The molecule has 0 aliphatic carbocycles. The zero-order valence-corrected chi connectivity index (χ0v) is 16.0. The molecule has 1 amide bonds. The van der Waals surface area contributed by atoms with E-state index in [-0.39, 0.29) is 18.3 Å². The summed E-state index contributed by atoms with van der Waals surface area (Å²) in [6.45, 7) is 6.77. The van der Waals surface area contributed by atoms with Gasteiger partial charge in [0, 0.05) is 82.4 Å². The zero-order chi connectivity index (χ0) is 17.8. The highest BCUT2D eigenvalue weighted by atomic mass is 35.5. The molecule has 0 aromatic carbocycles. The van der Waals surface area contributed by atoms with Gasteiger partial charge in [0.25, 0.3) is 5.91 Å². The molecule has 27 heavy (non-hydrogen) atoms. The SMILES string of the molecule is Cl.O=C(NCCN1CCN(c2ncccn2)CC1)c1n[nH]c2c1CNCC2. The first kappa shape index (κ1) is 19.5. The van der Waals surface area contributed by atoms with Gasteiger partial charge < -0.3 is 15.5 Å². The number of aromatic amines is 1. The topological polar surface area (TPSA) is 102 Å². The molecule has 0 bridgehead atoms. The predicted octanol–water partition coefficient (Wildman–Crippen LogP) is -0.181. The Morgan fingerprint density at radius 3 is 2.74 bits per heavy atom. The summed E-state index contributed by atoms with van der Waals surface area (Å²) in [4.78, 5) is 25.5. The van der Waals surface area contributed by atoms with Crippen molar-refractivity contribution in [2.24, 2.45) is 0 Å². The van der Waals surface area contributed by atoms with Crippen LogP contribution >= 0.6 is 12.4 Å². The molecule has 0 saturated carbocycles. The van der Waals surface area contributed by atoms with Crippen molar-refractivity contribution in [1.29, 1.82) is 0 Å². The number of nitrogens with zero attached hydrogens (tertiary/aromatic N) is 5. The maximum Gasteiger partial charge on any atom is 0.272 e. The molecule has 0 spiro atoms. The van der Waals surface area contributed by atoms with Crippen molar-refractivity contribution >= 4 is 24.3 Å². The first-order valence-electron chi connectivity index (χ1n) is 9.10. The van der Waals surface area contributed by atoms with Crippen LogP contribution in [0.25, 0.3) is 0 Å². The molecule has 2 aromatic heterocycles. The average molecular weight is 393 g/mol. The van der Waals surface area contributed by atoms with E-state index in [2.05, 4.69) is 40.6 Å². The van der Waals surface area contributed by atoms with Gasteiger partial charge in [0.05, 0.1) is 0 Å². The number of H-pyrrole nitrogens is 1. The van der Waals surface area contributed by atoms with Crippen LogP contribution in [0.1, 0.15) is 21.7 Å². The summed E-state index contributed by atoms with van der Waals surface area (Å²) in [6, 6.07) is 1.83. The molecule has 2 aliphatic heterocycles. The number of nitrogens with one attached hydrogen (secondary N) is 3. The fourth-order valence-electron chi connectivity index (χ4n) is 3.45. The Hall–Kier alpha value is -2.23. The molecule has 0 unspecified atom stereocenters. The summed E-state index contributed by atoms with van der Waals surface area (Å²) >= 11 is 0. The van der Waals surface area contributed by atoms with Crippen molar-refractivity contribution in [3.05, 3.63) is 35.4 Å². The molecule has 10 heteroatoms. The molecule has 3 N–H and O–H groups in total. The Kier molecular flexibility index (Phi) is 6.59. The van der Waals surface area contributed by atoms with Gasteiger partial charge in [0.1, 0.15) is 0 Å². The fraction of sp³-hybridized carbons (Fsp3) is 0.529. The van der Waals surface area contributed by atoms with Crippen LogP contribution in [0.5, 0.6) is 0 Å². The summed E-state index contributed by atoms with van der Waals surface area (Å²) in [7, 11) is 0. The number of hydrogen-bond donors (Lipinski definition) is 3. The summed E-state index contributed by atoms with van der Waals surface area (Å²) in [5, 5.41) is 13.5. The van der Waals surface area contributed by atoms with Gasteiger partial charge >= 0.3 is 0 Å². The van der Waals surface area contributed by atoms with E-state index in [1.165, 1.54) is 0 Å². The molecular weight excluding hydrogens is 368 g/mol. The fourth-order valence-corrected chi connectivity index (χ4v) is 3.45. The quantitative estimate of drug-likeness (QED) is 0.648. The highest BCUT2D eigenvalue weighted by Crippen LogP contribution is 2.15. The number of halogens is 1. The minimum absolute atomic E-state index is 0. The van der Waals surface area contributed by atoms with E-state index in [0.29, 0.717) is 18.8 Å². The number of anilines is 1. The van der Waals surface area contributed by atoms with Crippen molar-refractivity contribution < 1.29 is 4.79 Å². The second-order valence-corrected chi connectivity index (χ2v) is 6.59. The monoisotopic (exact) mass is 392 g/mol. The zero-order valence-electron chi connectivity index (χ0n) is 15.1. The van der Waals surface area contributed by atoms with Crippen molar-refractivity contribution in [3.8, 4) is 0 Å². The van der Waals surface area contributed by atoms with Crippen LogP contribution in [0.15, 0.2) is 18.5 Å². The van der Waals surface area contributed by atoms with Crippen LogP contribution in [0.2, 0.25) is 0 Å². The highest BCUT2D eigenvalue weighted by Gasteiger charge is 2.22. The van der Waals surface area contributed by atoms with Crippen LogP contribution in [-0.4, -0.2) is 76.8 Å². The van der Waals surface area contributed by atoms with Crippen LogP contribution in [0.3, 0.4) is 0 Å². The minimum atomic E-state index is -0.0949. The molecule has 1 saturated heterocycles. The van der Waals surface area contributed by atoms with Gasteiger partial charge in [0.15, 0.2) is 5.69 Å². The van der Waals surface area contributed by atoms with Gasteiger partial charge in [-0.15, -0.1) is 12.4 Å². The summed E-state index contributed by atoms with van der Waals surface area (Å²) in [5.74, 6) is 0.694. The van der Waals surface area contributed by atoms with Crippen molar-refractivity contribution in [3.63, 3.8) is 0 Å². The molecule has 0 atom stereocenters. The van der Waals surface area contributed by atoms with E-state index < -0.39 is 0 Å². The van der Waals surface area contributed by atoms with Gasteiger partial charge in [-0.1, -0.05) is 0 Å². The van der Waals surface area contributed by atoms with E-state index in [4.69, 9.17) is 0 Å². The second kappa shape index (κ2) is 9.12. The van der Waals surface area contributed by atoms with Crippen LogP contribution in [0, 0.1) is 0 Å². The van der Waals surface area contributed by atoms with Crippen LogP contribution < -0.4 is 15.5 Å². The van der Waals surface area contributed by atoms with Gasteiger partial charge in [-0.25, -0.2) is 9.97 Å². The molecule has 2 aliphatic rings. The number of carbonyl (C=O) groups is 1. The molecule has 146 valence electrons. The standard InChI is InChI=1S/C17H24N8O.ClH/c26-16(15-13-12-18-5-2-14(13)22-23-15)19-6-7-24-8-10-25(11-9-24)17-20-3-1-4-21-17;/h1,3-4,18H,2,5-12H2,(H,19,26)(H,22,23);1H. The number of aromatic nitrogens is 4. The number of hydrogen-bond acceptors (Lipinski definition) is 7. The first-order valence-corrected chi connectivity index (χ1v) is 9.10. The molecular formula is C17H25ClN8O. The van der Waals surface area contributed by atoms with Gasteiger partial charge in [0.2, 0.25) is 5.95 Å². The van der Waals surface area contributed by atoms with Gasteiger partial charge in [-0.05, 0) is 6.07 Å². The molecule has 4 heterocycles. The molecule has 4 rings (SSSR count). The largest absolute Gasteiger partial charge is 0.349 e. The van der Waals surface area contributed by atoms with Crippen LogP contribution in [-0.2, 0) is 13.0 Å². The average Bonchev–Trinajstić information content (AvgIpc) is 3.13. The third kappa shape index (κ3) is 4.55. The van der Waals surface area contributed by atoms with E-state index in [1.54, 1.807) is 12.4 Å². The highest BCUT2D eigenvalue weighted by molar-refractivity contribution is 5.94. The first-order chi connectivity index (χ1) is 12.8. The van der Waals surface area contributed by atoms with E-state index in [1.807, 2.05) is 6.07 Å². The molecule has 2 aromatic rings. The lowest BCUT2D eigenvalue weighted by Crippen LogP contribution is -2.49. The summed E-state index contributed by atoms with van der Waals surface area (Å²) < 4.78 is 0. The second-order valence-electron chi connectivity index (χ2n) is 6.59. The Bertz CT molecular complexity index is 745. The van der Waals surface area contributed by atoms with E-state index in [0.717, 1.165) is 62.9 Å². The number of rotatable bonds is 5. The van der Waals surface area contributed by atoms with Crippen molar-refractivity contribution in [1.82, 2.24) is 35.7 Å². The molecule has 1 fully saturated rings. The maximum absolute atomic E-state index is 12.4. The van der Waals surface area contributed by atoms with Gasteiger partial charge in [-0.2, -0.15) is 5.10 Å². The Balaban J connectivity index is 0.00000210. The maximum atomic E-state index is 12.4. The molecule has 0 radical (unpaired) electrons. The predicted molar refractivity (Wildman–Crippen MR) is 104 cm³/mol.